The molecule has 17 nitrogen and oxygen atoms in total. The summed E-state index contributed by atoms with van der Waals surface area (Å²) < 4.78 is 24.6. The monoisotopic (exact) mass is 873 g/mol. The summed E-state index contributed by atoms with van der Waals surface area (Å²) in [6, 6.07) is 0. The Morgan fingerprint density at radius 1 is 0.667 bits per heavy atom. The fourth-order valence-electron chi connectivity index (χ4n) is 3.54. The number of aliphatic hydroxyl groups is 1. The van der Waals surface area contributed by atoms with Crippen molar-refractivity contribution in [2.75, 3.05) is 44.8 Å². The zero-order valence-corrected chi connectivity index (χ0v) is 31.0. The van der Waals surface area contributed by atoms with E-state index in [1.165, 1.54) is 0 Å². The average Bonchev–Trinajstić information content (AvgIpc) is 2.99. The molecule has 0 aliphatic rings. The van der Waals surface area contributed by atoms with Crippen LogP contribution in [-0.2, 0) is 52.5 Å². The first-order valence-electron chi connectivity index (χ1n) is 13.9. The highest BCUT2D eigenvalue weighted by molar-refractivity contribution is 9.11. The van der Waals surface area contributed by atoms with Crippen LogP contribution in [0, 0.1) is 0 Å². The Hall–Kier alpha value is -3.62. The summed E-state index contributed by atoms with van der Waals surface area (Å²) in [5.74, 6) is -6.06. The van der Waals surface area contributed by atoms with Gasteiger partial charge in [-0.15, -0.1) is 0 Å². The van der Waals surface area contributed by atoms with Crippen LogP contribution in [0.2, 0.25) is 0 Å². The van der Waals surface area contributed by atoms with Gasteiger partial charge in [0.15, 0.2) is 18.8 Å². The normalized spacial score (nSPS) is 11.7. The van der Waals surface area contributed by atoms with Gasteiger partial charge in [-0.25, -0.2) is 0 Å². The molecule has 0 radical (unpaired) electrons. The Labute approximate surface area is 299 Å². The van der Waals surface area contributed by atoms with E-state index in [0.29, 0.717) is 0 Å². The van der Waals surface area contributed by atoms with Gasteiger partial charge in [0.2, 0.25) is 0 Å². The molecule has 48 heavy (non-hydrogen) atoms. The van der Waals surface area contributed by atoms with E-state index in [-0.39, 0.29) is 76.0 Å². The van der Waals surface area contributed by atoms with Crippen LogP contribution in [-0.4, -0.2) is 104 Å². The van der Waals surface area contributed by atoms with E-state index in [1.807, 2.05) is 0 Å². The number of hydrogen-bond acceptors (Lipinski definition) is 14. The third kappa shape index (κ3) is 15.1. The molecule has 3 amide bonds. The first-order chi connectivity index (χ1) is 22.5. The van der Waals surface area contributed by atoms with Gasteiger partial charge in [0.05, 0.1) is 38.8 Å². The maximum atomic E-state index is 13.5. The molecule has 1 aromatic carbocycles. The largest absolute Gasteiger partial charge is 0.462 e. The third-order valence-corrected chi connectivity index (χ3v) is 7.91. The molecule has 1 aromatic rings. The lowest BCUT2D eigenvalue weighted by Crippen LogP contribution is -2.39. The molecule has 0 bridgehead atoms. The predicted octanol–water partition coefficient (Wildman–Crippen LogP) is 1.68. The quantitative estimate of drug-likeness (QED) is 0.121. The number of carbonyl (C=O) groups excluding carboxylic acids is 8. The van der Waals surface area contributed by atoms with Crippen molar-refractivity contribution in [3.63, 3.8) is 0 Å². The van der Waals surface area contributed by atoms with Crippen LogP contribution in [0.5, 0.6) is 0 Å². The lowest BCUT2D eigenvalue weighted by atomic mass is 10.1. The van der Waals surface area contributed by atoms with Crippen molar-refractivity contribution in [1.82, 2.24) is 10.6 Å². The van der Waals surface area contributed by atoms with Gasteiger partial charge in [-0.1, -0.05) is 0 Å². The highest BCUT2D eigenvalue weighted by Crippen LogP contribution is 2.42. The molecule has 0 aromatic heterocycles. The standard InChI is InChI=1S/C28H34Br3N3O14/c1-13(36)44-10-17(47-15(3)38)8-32-27(42)21-23(29)22(28(43)33-9-18(48-16(4)39)11-45-14(2)37)25(31)26(24(21)30)34-19(40)12-46-20(41)6-5-7-35/h17-18,35H,5-12H2,1-4H3,(H,32,42)(H,33,43)(H,34,40). The zero-order valence-electron chi connectivity index (χ0n) is 26.2. The van der Waals surface area contributed by atoms with E-state index >= 15 is 0 Å². The fourth-order valence-corrected chi connectivity index (χ4v) is 6.44. The number of halogens is 3. The summed E-state index contributed by atoms with van der Waals surface area (Å²) in [5, 5.41) is 16.4. The maximum Gasteiger partial charge on any atom is 0.306 e. The molecule has 4 N–H and O–H groups in total. The van der Waals surface area contributed by atoms with Crippen molar-refractivity contribution in [1.29, 1.82) is 0 Å². The molecule has 0 spiro atoms. The zero-order chi connectivity index (χ0) is 36.6. The Morgan fingerprint density at radius 3 is 1.48 bits per heavy atom. The number of anilines is 1. The highest BCUT2D eigenvalue weighted by Gasteiger charge is 2.30. The molecule has 0 saturated heterocycles. The number of hydrogen-bond donors (Lipinski definition) is 4. The molecule has 1 rings (SSSR count). The van der Waals surface area contributed by atoms with E-state index in [0.717, 1.165) is 27.7 Å². The predicted molar refractivity (Wildman–Crippen MR) is 174 cm³/mol. The van der Waals surface area contributed by atoms with Gasteiger partial charge in [0.25, 0.3) is 17.7 Å². The summed E-state index contributed by atoms with van der Waals surface area (Å²) in [7, 11) is 0. The number of amides is 3. The smallest absolute Gasteiger partial charge is 0.306 e. The minimum absolute atomic E-state index is 0.0491. The summed E-state index contributed by atoms with van der Waals surface area (Å²) in [6.07, 6.45) is -2.18. The minimum Gasteiger partial charge on any atom is -0.462 e. The molecule has 2 atom stereocenters. The van der Waals surface area contributed by atoms with Gasteiger partial charge in [-0.2, -0.15) is 0 Å². The average molecular weight is 876 g/mol. The molecule has 0 heterocycles. The first-order valence-corrected chi connectivity index (χ1v) is 16.3. The summed E-state index contributed by atoms with van der Waals surface area (Å²) in [5.41, 5.74) is -0.606. The Bertz CT molecular complexity index is 1320. The van der Waals surface area contributed by atoms with E-state index in [9.17, 15) is 38.4 Å². The van der Waals surface area contributed by atoms with E-state index in [2.05, 4.69) is 63.7 Å². The Balaban J connectivity index is 3.50. The highest BCUT2D eigenvalue weighted by atomic mass is 79.9. The van der Waals surface area contributed by atoms with Crippen molar-refractivity contribution in [3.8, 4) is 0 Å². The second-order valence-corrected chi connectivity index (χ2v) is 12.0. The molecule has 0 saturated carbocycles. The first kappa shape index (κ1) is 42.4. The van der Waals surface area contributed by atoms with Crippen LogP contribution in [0.3, 0.4) is 0 Å². The van der Waals surface area contributed by atoms with Crippen LogP contribution in [0.1, 0.15) is 61.3 Å². The van der Waals surface area contributed by atoms with Crippen LogP contribution in [0.15, 0.2) is 13.4 Å². The summed E-state index contributed by atoms with van der Waals surface area (Å²) in [6.45, 7) is 2.09. The van der Waals surface area contributed by atoms with E-state index in [1.54, 1.807) is 0 Å². The van der Waals surface area contributed by atoms with Crippen molar-refractivity contribution in [2.45, 2.75) is 52.7 Å². The molecular weight excluding hydrogens is 842 g/mol. The molecular formula is C28H34Br3N3O14. The molecule has 20 heteroatoms. The second kappa shape index (κ2) is 21.4. The third-order valence-electron chi connectivity index (χ3n) is 5.53. The van der Waals surface area contributed by atoms with Gasteiger partial charge in [-0.05, 0) is 54.2 Å². The van der Waals surface area contributed by atoms with Gasteiger partial charge in [0.1, 0.15) is 13.2 Å². The van der Waals surface area contributed by atoms with Gasteiger partial charge < -0.3 is 44.7 Å². The van der Waals surface area contributed by atoms with Crippen molar-refractivity contribution in [2.24, 2.45) is 0 Å². The molecule has 266 valence electrons. The van der Waals surface area contributed by atoms with Crippen LogP contribution < -0.4 is 16.0 Å². The van der Waals surface area contributed by atoms with Crippen molar-refractivity contribution < 1.29 is 67.1 Å². The second-order valence-electron chi connectivity index (χ2n) is 9.59. The summed E-state index contributed by atoms with van der Waals surface area (Å²) >= 11 is 9.79. The number of benzene rings is 1. The van der Waals surface area contributed by atoms with Crippen LogP contribution >= 0.6 is 47.8 Å². The Morgan fingerprint density at radius 2 is 1.10 bits per heavy atom. The number of ether oxygens (including phenoxy) is 5. The molecule has 0 aliphatic heterocycles. The van der Waals surface area contributed by atoms with E-state index in [4.69, 9.17) is 28.8 Å². The molecule has 0 aliphatic carbocycles. The minimum atomic E-state index is -1.08. The molecule has 2 unspecified atom stereocenters. The van der Waals surface area contributed by atoms with Gasteiger partial charge >= 0.3 is 29.8 Å². The number of aliphatic hydroxyl groups excluding tert-OH is 1. The van der Waals surface area contributed by atoms with E-state index < -0.39 is 66.4 Å². The fraction of sp³-hybridized carbons (Fsp3) is 0.500. The SMILES string of the molecule is CC(=O)OCC(CNC(=O)c1c(Br)c(NC(=O)COC(=O)CCCO)c(Br)c(C(=O)NCC(COC(C)=O)OC(C)=O)c1Br)OC(C)=O. The van der Waals surface area contributed by atoms with Crippen molar-refractivity contribution >= 4 is 101 Å². The number of rotatable bonds is 18. The van der Waals surface area contributed by atoms with Gasteiger partial charge in [0, 0.05) is 45.2 Å². The van der Waals surface area contributed by atoms with Crippen molar-refractivity contribution in [3.05, 3.63) is 24.5 Å². The van der Waals surface area contributed by atoms with Crippen LogP contribution in [0.4, 0.5) is 5.69 Å². The molecule has 0 fully saturated rings. The number of nitrogens with one attached hydrogen (secondary N) is 3. The number of esters is 5. The maximum absolute atomic E-state index is 13.5. The van der Waals surface area contributed by atoms with Gasteiger partial charge in [-0.3, -0.25) is 38.4 Å². The van der Waals surface area contributed by atoms with Crippen LogP contribution in [0.25, 0.3) is 0 Å². The summed E-state index contributed by atoms with van der Waals surface area (Å²) in [4.78, 5) is 97.2. The lowest BCUT2D eigenvalue weighted by molar-refractivity contribution is -0.155. The topological polar surface area (TPSA) is 239 Å². The Kier molecular flexibility index (Phi) is 18.9. The lowest BCUT2D eigenvalue weighted by Gasteiger charge is -2.22. The number of carbonyl (C=O) groups is 8.